The number of aliphatic hydroxyl groups is 1. The number of carbonyl (C=O) groups is 1. The molecule has 1 spiro atoms. The van der Waals surface area contributed by atoms with Gasteiger partial charge >= 0.3 is 0 Å². The van der Waals surface area contributed by atoms with Crippen molar-refractivity contribution in [3.05, 3.63) is 34.6 Å². The Morgan fingerprint density at radius 2 is 2.15 bits per heavy atom. The quantitative estimate of drug-likeness (QED) is 0.846. The molecule has 0 aliphatic carbocycles. The highest BCUT2D eigenvalue weighted by atomic mass is 35.5. The zero-order valence-electron chi connectivity index (χ0n) is 15.1. The van der Waals surface area contributed by atoms with Gasteiger partial charge in [0.2, 0.25) is 0 Å². The van der Waals surface area contributed by atoms with Crippen LogP contribution in [0.15, 0.2) is 18.2 Å². The largest absolute Gasteiger partial charge is 0.396 e. The third-order valence-electron chi connectivity index (χ3n) is 5.93. The Hall–Kier alpha value is -1.21. The van der Waals surface area contributed by atoms with E-state index in [1.165, 1.54) is 18.2 Å². The third kappa shape index (κ3) is 3.88. The fourth-order valence-corrected chi connectivity index (χ4v) is 4.50. The molecule has 2 fully saturated rings. The van der Waals surface area contributed by atoms with Crippen molar-refractivity contribution in [1.29, 1.82) is 0 Å². The summed E-state index contributed by atoms with van der Waals surface area (Å²) in [5.74, 6) is -0.401. The summed E-state index contributed by atoms with van der Waals surface area (Å²) < 4.78 is 18.5. The minimum Gasteiger partial charge on any atom is -0.396 e. The van der Waals surface area contributed by atoms with Gasteiger partial charge in [-0.2, -0.15) is 0 Å². The van der Waals surface area contributed by atoms with Crippen LogP contribution in [-0.4, -0.2) is 73.9 Å². The maximum atomic E-state index is 13.3. The van der Waals surface area contributed by atoms with Crippen molar-refractivity contribution < 1.29 is 19.0 Å². The maximum absolute atomic E-state index is 13.3. The van der Waals surface area contributed by atoms with Crippen molar-refractivity contribution in [3.8, 4) is 0 Å². The van der Waals surface area contributed by atoms with Gasteiger partial charge in [-0.15, -0.1) is 0 Å². The van der Waals surface area contributed by atoms with E-state index in [4.69, 9.17) is 16.3 Å². The normalized spacial score (nSPS) is 22.9. The van der Waals surface area contributed by atoms with Crippen LogP contribution in [-0.2, 0) is 4.74 Å². The molecule has 26 heavy (non-hydrogen) atoms. The summed E-state index contributed by atoms with van der Waals surface area (Å²) >= 11 is 5.80. The van der Waals surface area contributed by atoms with E-state index in [1.54, 1.807) is 12.0 Å². The van der Waals surface area contributed by atoms with E-state index in [0.717, 1.165) is 32.5 Å². The Balaban J connectivity index is 1.64. The average Bonchev–Trinajstić information content (AvgIpc) is 2.99. The van der Waals surface area contributed by atoms with E-state index in [0.29, 0.717) is 25.3 Å². The maximum Gasteiger partial charge on any atom is 0.253 e. The summed E-state index contributed by atoms with van der Waals surface area (Å²) in [6.07, 6.45) is 1.73. The van der Waals surface area contributed by atoms with Gasteiger partial charge < -0.3 is 19.6 Å². The molecule has 0 saturated carbocycles. The molecule has 1 unspecified atom stereocenters. The molecule has 7 heteroatoms. The van der Waals surface area contributed by atoms with Crippen LogP contribution < -0.4 is 0 Å². The number of amides is 1. The number of likely N-dealkylation sites (tertiary alicyclic amines) is 2. The molecule has 1 amide bonds. The van der Waals surface area contributed by atoms with E-state index in [1.807, 2.05) is 0 Å². The fraction of sp³-hybridized carbons (Fsp3) is 0.632. The molecule has 2 heterocycles. The van der Waals surface area contributed by atoms with Crippen LogP contribution in [0.4, 0.5) is 4.39 Å². The summed E-state index contributed by atoms with van der Waals surface area (Å²) in [6, 6.07) is 4.10. The summed E-state index contributed by atoms with van der Waals surface area (Å²) in [6.45, 7) is 4.82. The number of halogens is 2. The Morgan fingerprint density at radius 1 is 1.42 bits per heavy atom. The molecule has 0 bridgehead atoms. The van der Waals surface area contributed by atoms with E-state index in [-0.39, 0.29) is 28.9 Å². The third-order valence-corrected chi connectivity index (χ3v) is 6.22. The highest BCUT2D eigenvalue weighted by molar-refractivity contribution is 6.31. The topological polar surface area (TPSA) is 53.0 Å². The Morgan fingerprint density at radius 3 is 2.77 bits per heavy atom. The van der Waals surface area contributed by atoms with Gasteiger partial charge in [-0.05, 0) is 36.5 Å². The summed E-state index contributed by atoms with van der Waals surface area (Å²) in [7, 11) is 1.70. The van der Waals surface area contributed by atoms with Gasteiger partial charge in [-0.1, -0.05) is 11.6 Å². The van der Waals surface area contributed by atoms with Gasteiger partial charge in [0.15, 0.2) is 0 Å². The summed E-state index contributed by atoms with van der Waals surface area (Å²) in [5, 5.41) is 9.81. The molecule has 1 atom stereocenters. The predicted molar refractivity (Wildman–Crippen MR) is 97.9 cm³/mol. The zero-order chi connectivity index (χ0) is 18.7. The monoisotopic (exact) mass is 384 g/mol. The minimum atomic E-state index is -0.520. The van der Waals surface area contributed by atoms with E-state index >= 15 is 0 Å². The van der Waals surface area contributed by atoms with Gasteiger partial charge in [0.25, 0.3) is 5.91 Å². The first-order chi connectivity index (χ1) is 12.5. The minimum absolute atomic E-state index is 0.0331. The van der Waals surface area contributed by atoms with Crippen LogP contribution in [0.2, 0.25) is 5.02 Å². The molecule has 5 nitrogen and oxygen atoms in total. The second-order valence-corrected chi connectivity index (χ2v) is 7.80. The number of aliphatic hydroxyl groups excluding tert-OH is 1. The highest BCUT2D eigenvalue weighted by Crippen LogP contribution is 2.44. The van der Waals surface area contributed by atoms with E-state index in [2.05, 4.69) is 4.90 Å². The van der Waals surface area contributed by atoms with E-state index < -0.39 is 5.82 Å². The van der Waals surface area contributed by atoms with E-state index in [9.17, 15) is 14.3 Å². The van der Waals surface area contributed by atoms with Gasteiger partial charge in [0.05, 0.1) is 11.6 Å². The van der Waals surface area contributed by atoms with Crippen molar-refractivity contribution >= 4 is 17.5 Å². The number of piperidine rings is 1. The SMILES string of the molecule is COCCN1CC(CO)C2(CCN(C(=O)c3ccc(F)c(Cl)c3)CC2)C1. The molecule has 3 rings (SSSR count). The molecule has 2 saturated heterocycles. The number of hydrogen-bond acceptors (Lipinski definition) is 4. The van der Waals surface area contributed by atoms with Crippen molar-refractivity contribution in [1.82, 2.24) is 9.80 Å². The van der Waals surface area contributed by atoms with Crippen LogP contribution in [0.1, 0.15) is 23.2 Å². The molecule has 2 aliphatic rings. The number of ether oxygens (including phenoxy) is 1. The molecule has 144 valence electrons. The first kappa shape index (κ1) is 19.5. The molecule has 0 aromatic heterocycles. The van der Waals surface area contributed by atoms with Crippen LogP contribution in [0.25, 0.3) is 0 Å². The first-order valence-corrected chi connectivity index (χ1v) is 9.43. The summed E-state index contributed by atoms with van der Waals surface area (Å²) in [5.41, 5.74) is 0.471. The average molecular weight is 385 g/mol. The molecule has 2 aliphatic heterocycles. The number of carbonyl (C=O) groups excluding carboxylic acids is 1. The van der Waals surface area contributed by atoms with Crippen molar-refractivity contribution in [2.75, 3.05) is 53.0 Å². The second kappa shape index (κ2) is 8.21. The summed E-state index contributed by atoms with van der Waals surface area (Å²) in [4.78, 5) is 16.8. The lowest BCUT2D eigenvalue weighted by molar-refractivity contribution is 0.0399. The number of benzene rings is 1. The molecule has 0 radical (unpaired) electrons. The molecule has 1 aromatic carbocycles. The molecule has 1 aromatic rings. The zero-order valence-corrected chi connectivity index (χ0v) is 15.8. The van der Waals surface area contributed by atoms with Crippen LogP contribution in [0.5, 0.6) is 0 Å². The van der Waals surface area contributed by atoms with Crippen molar-refractivity contribution in [2.45, 2.75) is 12.8 Å². The molecule has 1 N–H and O–H groups in total. The lowest BCUT2D eigenvalue weighted by Gasteiger charge is -2.42. The van der Waals surface area contributed by atoms with Gasteiger partial charge in [0.1, 0.15) is 5.82 Å². The molecular weight excluding hydrogens is 359 g/mol. The standard InChI is InChI=1S/C19H26ClFN2O3/c1-26-9-8-22-11-15(12-24)19(13-22)4-6-23(7-5-19)18(25)14-2-3-17(21)16(20)10-14/h2-3,10,15,24H,4-9,11-13H2,1H3. The van der Waals surface area contributed by atoms with Crippen molar-refractivity contribution in [3.63, 3.8) is 0 Å². The fourth-order valence-electron chi connectivity index (χ4n) is 4.32. The lowest BCUT2D eigenvalue weighted by atomic mass is 9.71. The number of methoxy groups -OCH3 is 1. The highest BCUT2D eigenvalue weighted by Gasteiger charge is 2.47. The second-order valence-electron chi connectivity index (χ2n) is 7.39. The lowest BCUT2D eigenvalue weighted by Crippen LogP contribution is -2.47. The Labute approximate surface area is 158 Å². The Kier molecular flexibility index (Phi) is 6.17. The predicted octanol–water partition coefficient (Wildman–Crippen LogP) is 2.27. The van der Waals surface area contributed by atoms with Crippen LogP contribution in [0.3, 0.4) is 0 Å². The van der Waals surface area contributed by atoms with Crippen molar-refractivity contribution in [2.24, 2.45) is 11.3 Å². The smallest absolute Gasteiger partial charge is 0.253 e. The van der Waals surface area contributed by atoms with Crippen LogP contribution in [0, 0.1) is 17.2 Å². The number of rotatable bonds is 5. The van der Waals surface area contributed by atoms with Gasteiger partial charge in [-0.25, -0.2) is 4.39 Å². The first-order valence-electron chi connectivity index (χ1n) is 9.05. The number of hydrogen-bond donors (Lipinski definition) is 1. The van der Waals surface area contributed by atoms with Gasteiger partial charge in [-0.3, -0.25) is 4.79 Å². The molecular formula is C19H26ClFN2O3. The van der Waals surface area contributed by atoms with Crippen LogP contribution >= 0.6 is 11.6 Å². The Bertz CT molecular complexity index is 650. The van der Waals surface area contributed by atoms with Gasteiger partial charge in [0, 0.05) is 57.9 Å². The number of nitrogens with zero attached hydrogens (tertiary/aromatic N) is 2.